The second-order valence-electron chi connectivity index (χ2n) is 3.22. The average Bonchev–Trinajstić information content (AvgIpc) is 2.29. The largest absolute Gasteiger partial charge is 0.460 e. The fourth-order valence-electron chi connectivity index (χ4n) is 1.27. The van der Waals surface area contributed by atoms with Crippen LogP contribution in [0.2, 0.25) is 0 Å². The lowest BCUT2D eigenvalue weighted by molar-refractivity contribution is -0.137. The van der Waals surface area contributed by atoms with Gasteiger partial charge < -0.3 is 4.74 Å². The zero-order valence-corrected chi connectivity index (χ0v) is 9.25. The van der Waals surface area contributed by atoms with Crippen molar-refractivity contribution in [1.82, 2.24) is 0 Å². The molecule has 0 radical (unpaired) electrons. The van der Waals surface area contributed by atoms with Crippen molar-refractivity contribution >= 4 is 11.8 Å². The minimum atomic E-state index is -1.02. The van der Waals surface area contributed by atoms with Crippen LogP contribution in [0, 0.1) is 5.82 Å². The SMILES string of the molecule is CCOC(=O)C(=O)c1cc(CC)ccc1F. The van der Waals surface area contributed by atoms with E-state index in [1.807, 2.05) is 6.92 Å². The number of carbonyl (C=O) groups is 2. The van der Waals surface area contributed by atoms with E-state index in [1.54, 1.807) is 13.0 Å². The highest BCUT2D eigenvalue weighted by atomic mass is 19.1. The molecular formula is C12H13FO3. The van der Waals surface area contributed by atoms with Gasteiger partial charge in [-0.05, 0) is 31.0 Å². The maximum Gasteiger partial charge on any atom is 0.379 e. The average molecular weight is 224 g/mol. The molecule has 4 heteroatoms. The van der Waals surface area contributed by atoms with Gasteiger partial charge in [-0.1, -0.05) is 13.0 Å². The van der Waals surface area contributed by atoms with Gasteiger partial charge in [-0.3, -0.25) is 4.79 Å². The Morgan fingerprint density at radius 3 is 2.56 bits per heavy atom. The van der Waals surface area contributed by atoms with E-state index in [9.17, 15) is 14.0 Å². The van der Waals surface area contributed by atoms with Crippen molar-refractivity contribution in [3.63, 3.8) is 0 Å². The van der Waals surface area contributed by atoms with Gasteiger partial charge >= 0.3 is 5.97 Å². The van der Waals surface area contributed by atoms with Crippen LogP contribution in [0.25, 0.3) is 0 Å². The molecule has 0 spiro atoms. The first-order valence-electron chi connectivity index (χ1n) is 5.10. The second-order valence-corrected chi connectivity index (χ2v) is 3.22. The molecular weight excluding hydrogens is 211 g/mol. The molecule has 86 valence electrons. The molecule has 0 aromatic heterocycles. The molecule has 0 saturated carbocycles. The van der Waals surface area contributed by atoms with Crippen LogP contribution < -0.4 is 0 Å². The molecule has 0 bridgehead atoms. The first-order valence-corrected chi connectivity index (χ1v) is 5.10. The molecule has 0 unspecified atom stereocenters. The number of rotatable bonds is 4. The number of hydrogen-bond acceptors (Lipinski definition) is 3. The van der Waals surface area contributed by atoms with Gasteiger partial charge in [0.25, 0.3) is 5.78 Å². The lowest BCUT2D eigenvalue weighted by Crippen LogP contribution is -2.19. The number of ketones is 1. The van der Waals surface area contributed by atoms with E-state index in [0.29, 0.717) is 6.42 Å². The molecule has 0 aliphatic carbocycles. The van der Waals surface area contributed by atoms with Gasteiger partial charge in [0.2, 0.25) is 0 Å². The van der Waals surface area contributed by atoms with E-state index in [1.165, 1.54) is 12.1 Å². The smallest absolute Gasteiger partial charge is 0.379 e. The van der Waals surface area contributed by atoms with Gasteiger partial charge in [0, 0.05) is 0 Å². The van der Waals surface area contributed by atoms with Crippen molar-refractivity contribution in [1.29, 1.82) is 0 Å². The summed E-state index contributed by atoms with van der Waals surface area (Å²) in [6, 6.07) is 4.15. The third-order valence-electron chi connectivity index (χ3n) is 2.14. The van der Waals surface area contributed by atoms with Crippen molar-refractivity contribution in [3.8, 4) is 0 Å². The van der Waals surface area contributed by atoms with Crippen LogP contribution in [-0.4, -0.2) is 18.4 Å². The minimum Gasteiger partial charge on any atom is -0.460 e. The molecule has 0 fully saturated rings. The molecule has 0 atom stereocenters. The van der Waals surface area contributed by atoms with Crippen LogP contribution in [0.3, 0.4) is 0 Å². The van der Waals surface area contributed by atoms with Gasteiger partial charge in [0.1, 0.15) is 5.82 Å². The van der Waals surface area contributed by atoms with E-state index in [2.05, 4.69) is 4.74 Å². The van der Waals surface area contributed by atoms with Crippen molar-refractivity contribution in [2.45, 2.75) is 20.3 Å². The first kappa shape index (κ1) is 12.4. The van der Waals surface area contributed by atoms with Gasteiger partial charge in [0.05, 0.1) is 12.2 Å². The number of ether oxygens (including phenoxy) is 1. The van der Waals surface area contributed by atoms with Crippen LogP contribution in [0.1, 0.15) is 29.8 Å². The Hall–Kier alpha value is -1.71. The van der Waals surface area contributed by atoms with Crippen molar-refractivity contribution in [2.24, 2.45) is 0 Å². The number of esters is 1. The van der Waals surface area contributed by atoms with Crippen molar-refractivity contribution in [3.05, 3.63) is 35.1 Å². The van der Waals surface area contributed by atoms with E-state index in [-0.39, 0.29) is 12.2 Å². The second kappa shape index (κ2) is 5.39. The third-order valence-corrected chi connectivity index (χ3v) is 2.14. The maximum absolute atomic E-state index is 13.3. The molecule has 0 saturated heterocycles. The van der Waals surface area contributed by atoms with Gasteiger partial charge in [-0.2, -0.15) is 0 Å². The maximum atomic E-state index is 13.3. The zero-order valence-electron chi connectivity index (χ0n) is 9.25. The Bertz CT molecular complexity index is 413. The monoisotopic (exact) mass is 224 g/mol. The number of halogens is 1. The summed E-state index contributed by atoms with van der Waals surface area (Å²) in [6.45, 7) is 3.57. The summed E-state index contributed by atoms with van der Waals surface area (Å²) < 4.78 is 17.9. The Morgan fingerprint density at radius 2 is 2.00 bits per heavy atom. The van der Waals surface area contributed by atoms with Gasteiger partial charge in [-0.25, -0.2) is 9.18 Å². The number of carbonyl (C=O) groups excluding carboxylic acids is 2. The van der Waals surface area contributed by atoms with Crippen molar-refractivity contribution < 1.29 is 18.7 Å². The summed E-state index contributed by atoms with van der Waals surface area (Å²) in [5.41, 5.74) is 0.576. The van der Waals surface area contributed by atoms with Crippen LogP contribution in [0.4, 0.5) is 4.39 Å². The summed E-state index contributed by atoms with van der Waals surface area (Å²) in [5, 5.41) is 0. The van der Waals surface area contributed by atoms with Gasteiger partial charge in [0.15, 0.2) is 0 Å². The summed E-state index contributed by atoms with van der Waals surface area (Å²) >= 11 is 0. The zero-order chi connectivity index (χ0) is 12.1. The highest BCUT2D eigenvalue weighted by Crippen LogP contribution is 2.12. The van der Waals surface area contributed by atoms with E-state index < -0.39 is 17.6 Å². The molecule has 0 heterocycles. The van der Waals surface area contributed by atoms with E-state index >= 15 is 0 Å². The molecule has 1 rings (SSSR count). The predicted octanol–water partition coefficient (Wildman–Crippen LogP) is 2.13. The summed E-state index contributed by atoms with van der Waals surface area (Å²) in [6.07, 6.45) is 0.670. The number of hydrogen-bond donors (Lipinski definition) is 0. The van der Waals surface area contributed by atoms with Gasteiger partial charge in [-0.15, -0.1) is 0 Å². The van der Waals surface area contributed by atoms with Crippen LogP contribution >= 0.6 is 0 Å². The minimum absolute atomic E-state index is 0.0969. The van der Waals surface area contributed by atoms with Crippen LogP contribution in [0.5, 0.6) is 0 Å². The quantitative estimate of drug-likeness (QED) is 0.447. The number of benzene rings is 1. The third kappa shape index (κ3) is 2.66. The molecule has 16 heavy (non-hydrogen) atoms. The molecule has 0 N–H and O–H groups in total. The fourth-order valence-corrected chi connectivity index (χ4v) is 1.27. The van der Waals surface area contributed by atoms with E-state index in [0.717, 1.165) is 5.56 Å². The summed E-state index contributed by atoms with van der Waals surface area (Å²) in [7, 11) is 0. The molecule has 0 aliphatic rings. The lowest BCUT2D eigenvalue weighted by Gasteiger charge is -2.04. The highest BCUT2D eigenvalue weighted by molar-refractivity contribution is 6.40. The van der Waals surface area contributed by atoms with E-state index in [4.69, 9.17) is 0 Å². The normalized spacial score (nSPS) is 9.94. The lowest BCUT2D eigenvalue weighted by atomic mass is 10.1. The standard InChI is InChI=1S/C12H13FO3/c1-3-8-5-6-10(13)9(7-8)11(14)12(15)16-4-2/h5-7H,3-4H2,1-2H3. The molecule has 3 nitrogen and oxygen atoms in total. The number of aryl methyl sites for hydroxylation is 1. The summed E-state index contributed by atoms with van der Waals surface area (Å²) in [4.78, 5) is 22.7. The Morgan fingerprint density at radius 1 is 1.31 bits per heavy atom. The molecule has 0 aliphatic heterocycles. The highest BCUT2D eigenvalue weighted by Gasteiger charge is 2.21. The predicted molar refractivity (Wildman–Crippen MR) is 56.7 cm³/mol. The molecule has 1 aromatic rings. The first-order chi connectivity index (χ1) is 7.60. The topological polar surface area (TPSA) is 43.4 Å². The molecule has 0 amide bonds. The molecule has 1 aromatic carbocycles. The van der Waals surface area contributed by atoms with Crippen molar-refractivity contribution in [2.75, 3.05) is 6.61 Å². The summed E-state index contributed by atoms with van der Waals surface area (Å²) in [5.74, 6) is -2.65. The number of Topliss-reactive ketones (excluding diaryl/α,β-unsaturated/α-hetero) is 1. The Balaban J connectivity index is 3.02. The van der Waals surface area contributed by atoms with Crippen LogP contribution in [-0.2, 0) is 16.0 Å². The Labute approximate surface area is 93.2 Å². The van der Waals surface area contributed by atoms with Crippen LogP contribution in [0.15, 0.2) is 18.2 Å². The fraction of sp³-hybridized carbons (Fsp3) is 0.333. The Kier molecular flexibility index (Phi) is 4.17.